The fraction of sp³-hybridized carbons (Fsp3) is 0.306. The van der Waals surface area contributed by atoms with Crippen molar-refractivity contribution in [2.24, 2.45) is 0 Å². The van der Waals surface area contributed by atoms with Crippen LogP contribution in [0.15, 0.2) is 79.0 Å². The zero-order valence-corrected chi connectivity index (χ0v) is 26.6. The van der Waals surface area contributed by atoms with Crippen molar-refractivity contribution in [1.82, 2.24) is 9.88 Å². The molecule has 2 unspecified atom stereocenters. The number of carbonyl (C=O) groups is 1. The van der Waals surface area contributed by atoms with Crippen molar-refractivity contribution in [3.8, 4) is 17.6 Å². The molecular formula is C36H38ClN5O3. The van der Waals surface area contributed by atoms with Gasteiger partial charge in [0.05, 0.1) is 34.1 Å². The molecule has 1 aromatic heterocycles. The summed E-state index contributed by atoms with van der Waals surface area (Å²) in [6.07, 6.45) is 8.59. The Bertz CT molecular complexity index is 1710. The van der Waals surface area contributed by atoms with Gasteiger partial charge in [-0.05, 0) is 63.4 Å². The number of amides is 1. The van der Waals surface area contributed by atoms with Crippen LogP contribution in [0, 0.1) is 11.3 Å². The number of carbonyl (C=O) groups excluding carboxylic acids is 1. The number of aromatic nitrogens is 1. The normalized spacial score (nSPS) is 16.8. The second-order valence-electron chi connectivity index (χ2n) is 11.2. The Hall–Kier alpha value is -4.58. The van der Waals surface area contributed by atoms with E-state index < -0.39 is 0 Å². The summed E-state index contributed by atoms with van der Waals surface area (Å²) in [5.41, 5.74) is 3.68. The lowest BCUT2D eigenvalue weighted by atomic mass is 9.98. The van der Waals surface area contributed by atoms with Gasteiger partial charge in [-0.25, -0.2) is 0 Å². The van der Waals surface area contributed by atoms with Crippen molar-refractivity contribution in [3.63, 3.8) is 0 Å². The van der Waals surface area contributed by atoms with Gasteiger partial charge in [0.1, 0.15) is 24.2 Å². The summed E-state index contributed by atoms with van der Waals surface area (Å²) in [6.45, 7) is 7.88. The minimum absolute atomic E-state index is 0.260. The number of halogens is 1. The second-order valence-corrected chi connectivity index (χ2v) is 11.6. The zero-order chi connectivity index (χ0) is 31.8. The maximum atomic E-state index is 13.0. The fourth-order valence-electron chi connectivity index (χ4n) is 5.68. The van der Waals surface area contributed by atoms with Gasteiger partial charge in [0.15, 0.2) is 0 Å². The molecule has 1 saturated heterocycles. The predicted octanol–water partition coefficient (Wildman–Crippen LogP) is 8.24. The number of nitriles is 1. The number of hydrogen-bond donors (Lipinski definition) is 2. The molecule has 2 heterocycles. The van der Waals surface area contributed by atoms with E-state index in [4.69, 9.17) is 21.1 Å². The van der Waals surface area contributed by atoms with Crippen LogP contribution in [0.25, 0.3) is 10.9 Å². The molecule has 2 N–H and O–H groups in total. The van der Waals surface area contributed by atoms with Crippen LogP contribution in [-0.2, 0) is 11.4 Å². The van der Waals surface area contributed by atoms with E-state index in [9.17, 15) is 10.1 Å². The lowest BCUT2D eigenvalue weighted by molar-refractivity contribution is -0.111. The van der Waals surface area contributed by atoms with Gasteiger partial charge in [-0.2, -0.15) is 5.26 Å². The summed E-state index contributed by atoms with van der Waals surface area (Å²) in [4.78, 5) is 20.0. The van der Waals surface area contributed by atoms with Crippen molar-refractivity contribution in [1.29, 1.82) is 5.26 Å². The molecule has 1 aliphatic rings. The molecule has 0 bridgehead atoms. The van der Waals surface area contributed by atoms with Crippen molar-refractivity contribution >= 4 is 45.5 Å². The predicted molar refractivity (Wildman–Crippen MR) is 180 cm³/mol. The number of benzene rings is 3. The minimum Gasteiger partial charge on any atom is -0.492 e. The molecular weight excluding hydrogens is 586 g/mol. The van der Waals surface area contributed by atoms with Crippen LogP contribution in [-0.4, -0.2) is 41.0 Å². The highest BCUT2D eigenvalue weighted by molar-refractivity contribution is 6.32. The number of ether oxygens (including phenoxy) is 2. The van der Waals surface area contributed by atoms with Gasteiger partial charge in [-0.15, -0.1) is 0 Å². The summed E-state index contributed by atoms with van der Waals surface area (Å²) in [5, 5.41) is 17.3. The van der Waals surface area contributed by atoms with E-state index >= 15 is 0 Å². The first-order chi connectivity index (χ1) is 21.9. The number of piperidine rings is 1. The number of likely N-dealkylation sites (tertiary alicyclic amines) is 1. The summed E-state index contributed by atoms with van der Waals surface area (Å²) in [7, 11) is 0. The van der Waals surface area contributed by atoms with Crippen molar-refractivity contribution in [2.75, 3.05) is 23.8 Å². The summed E-state index contributed by atoms with van der Waals surface area (Å²) >= 11 is 6.58. The quantitative estimate of drug-likeness (QED) is 0.162. The van der Waals surface area contributed by atoms with E-state index in [1.165, 1.54) is 25.5 Å². The molecule has 1 amide bonds. The van der Waals surface area contributed by atoms with Gasteiger partial charge < -0.3 is 20.1 Å². The number of nitrogens with one attached hydrogen (secondary N) is 2. The van der Waals surface area contributed by atoms with Crippen LogP contribution in [0.1, 0.15) is 51.2 Å². The Kier molecular flexibility index (Phi) is 10.6. The zero-order valence-electron chi connectivity index (χ0n) is 25.8. The van der Waals surface area contributed by atoms with Crippen LogP contribution >= 0.6 is 11.6 Å². The Morgan fingerprint density at radius 3 is 2.58 bits per heavy atom. The number of pyridine rings is 1. The third-order valence-electron chi connectivity index (χ3n) is 8.05. The Morgan fingerprint density at radius 2 is 1.87 bits per heavy atom. The highest BCUT2D eigenvalue weighted by atomic mass is 35.5. The molecule has 1 fully saturated rings. The summed E-state index contributed by atoms with van der Waals surface area (Å²) < 4.78 is 11.8. The largest absolute Gasteiger partial charge is 0.492 e. The van der Waals surface area contributed by atoms with Gasteiger partial charge >= 0.3 is 0 Å². The summed E-state index contributed by atoms with van der Waals surface area (Å²) in [5.74, 6) is 0.787. The topological polar surface area (TPSA) is 99.5 Å². The molecule has 2 atom stereocenters. The molecule has 8 nitrogen and oxygen atoms in total. The monoisotopic (exact) mass is 623 g/mol. The average molecular weight is 624 g/mol. The third kappa shape index (κ3) is 7.93. The van der Waals surface area contributed by atoms with Gasteiger partial charge in [0.2, 0.25) is 5.91 Å². The molecule has 5 rings (SSSR count). The number of hydrogen-bond acceptors (Lipinski definition) is 7. The molecule has 0 radical (unpaired) electrons. The van der Waals surface area contributed by atoms with Crippen molar-refractivity contribution < 1.29 is 14.3 Å². The molecule has 0 aliphatic carbocycles. The van der Waals surface area contributed by atoms with E-state index in [2.05, 4.69) is 40.4 Å². The molecule has 9 heteroatoms. The first-order valence-corrected chi connectivity index (χ1v) is 15.7. The maximum absolute atomic E-state index is 13.0. The van der Waals surface area contributed by atoms with Crippen LogP contribution in [0.3, 0.4) is 0 Å². The van der Waals surface area contributed by atoms with Crippen LogP contribution in [0.4, 0.5) is 17.1 Å². The SMILES string of the molecule is CCOc1cc2ncc(C#N)c(Nc3ccc(OCc4ccccc4)c(Cl)c3)c2cc1NC(=O)C=CCN1C(C)CCCC1C. The highest BCUT2D eigenvalue weighted by Crippen LogP contribution is 2.37. The van der Waals surface area contributed by atoms with Gasteiger partial charge in [0, 0.05) is 48.0 Å². The molecule has 1 aliphatic heterocycles. The average Bonchev–Trinajstić information content (AvgIpc) is 3.03. The number of fused-ring (bicyclic) bond motifs is 1. The fourth-order valence-corrected chi connectivity index (χ4v) is 5.91. The molecule has 4 aromatic rings. The smallest absolute Gasteiger partial charge is 0.248 e. The Balaban J connectivity index is 1.38. The summed E-state index contributed by atoms with van der Waals surface area (Å²) in [6, 6.07) is 22.0. The Morgan fingerprint density at radius 1 is 1.09 bits per heavy atom. The van der Waals surface area contributed by atoms with Crippen LogP contribution < -0.4 is 20.1 Å². The van der Waals surface area contributed by atoms with Crippen LogP contribution in [0.5, 0.6) is 11.5 Å². The van der Waals surface area contributed by atoms with E-state index in [0.29, 0.717) is 81.9 Å². The first-order valence-electron chi connectivity index (χ1n) is 15.3. The van der Waals surface area contributed by atoms with Crippen molar-refractivity contribution in [3.05, 3.63) is 95.2 Å². The lowest BCUT2D eigenvalue weighted by Crippen LogP contribution is -2.43. The molecule has 45 heavy (non-hydrogen) atoms. The number of nitrogens with zero attached hydrogens (tertiary/aromatic N) is 3. The van der Waals surface area contributed by atoms with E-state index in [1.807, 2.05) is 49.4 Å². The second kappa shape index (κ2) is 14.9. The highest BCUT2D eigenvalue weighted by Gasteiger charge is 2.23. The standard InChI is InChI=1S/C36H38ClN5O3/c1-4-44-34-20-31-29(19-32(34)41-35(43)14-9-17-42-24(2)10-8-11-25(42)3)36(27(21-38)22-39-31)40-28-15-16-33(30(37)18-28)45-23-26-12-6-5-7-13-26/h5-7,9,12-16,18-20,22,24-25H,4,8,10-11,17,23H2,1-3H3,(H,39,40)(H,41,43). The third-order valence-corrected chi connectivity index (χ3v) is 8.34. The maximum Gasteiger partial charge on any atom is 0.248 e. The van der Waals surface area contributed by atoms with Gasteiger partial charge in [-0.1, -0.05) is 54.4 Å². The molecule has 0 saturated carbocycles. The van der Waals surface area contributed by atoms with Gasteiger partial charge in [-0.3, -0.25) is 14.7 Å². The number of rotatable bonds is 11. The lowest BCUT2D eigenvalue weighted by Gasteiger charge is -2.38. The van der Waals surface area contributed by atoms with Gasteiger partial charge in [0.25, 0.3) is 0 Å². The van der Waals surface area contributed by atoms with Crippen LogP contribution in [0.2, 0.25) is 5.02 Å². The first kappa shape index (κ1) is 31.8. The molecule has 232 valence electrons. The van der Waals surface area contributed by atoms with Crippen molar-refractivity contribution in [2.45, 2.75) is 58.7 Å². The molecule has 3 aromatic carbocycles. The molecule has 0 spiro atoms. The Labute approximate surface area is 269 Å². The number of anilines is 3. The van der Waals surface area contributed by atoms with E-state index in [1.54, 1.807) is 30.3 Å². The van der Waals surface area contributed by atoms with E-state index in [-0.39, 0.29) is 5.91 Å². The minimum atomic E-state index is -0.260. The van der Waals surface area contributed by atoms with E-state index in [0.717, 1.165) is 5.56 Å².